The van der Waals surface area contributed by atoms with Crippen molar-refractivity contribution in [2.45, 2.75) is 51.6 Å². The maximum Gasteiger partial charge on any atom is 0.333 e. The molecule has 0 aromatic heterocycles. The predicted octanol–water partition coefficient (Wildman–Crippen LogP) is 1.80. The molecule has 0 radical (unpaired) electrons. The fraction of sp³-hybridized carbons (Fsp3) is 0.769. The van der Waals surface area contributed by atoms with Gasteiger partial charge in [-0.2, -0.15) is 0 Å². The van der Waals surface area contributed by atoms with Gasteiger partial charge in [-0.25, -0.2) is 4.79 Å². The highest BCUT2D eigenvalue weighted by molar-refractivity contribution is 5.87. The van der Waals surface area contributed by atoms with Crippen molar-refractivity contribution in [1.82, 2.24) is 0 Å². The summed E-state index contributed by atoms with van der Waals surface area (Å²) in [6.07, 6.45) is 6.56. The molecule has 1 unspecified atom stereocenters. The van der Waals surface area contributed by atoms with Crippen LogP contribution in [0.1, 0.15) is 45.4 Å². The summed E-state index contributed by atoms with van der Waals surface area (Å²) in [6, 6.07) is 0. The van der Waals surface area contributed by atoms with Gasteiger partial charge in [0, 0.05) is 12.2 Å². The standard InChI is InChI=1S/C13H24O4/c1-11(13(16)17-2)10-12(15)8-6-4-3-5-7-9-14/h10,12,14-15H,3-9H2,1-2H3. The molecule has 2 N–H and O–H groups in total. The number of esters is 1. The van der Waals surface area contributed by atoms with E-state index in [4.69, 9.17) is 5.11 Å². The molecule has 0 fully saturated rings. The molecule has 0 aromatic rings. The predicted molar refractivity (Wildman–Crippen MR) is 66.6 cm³/mol. The van der Waals surface area contributed by atoms with Crippen molar-refractivity contribution >= 4 is 5.97 Å². The third kappa shape index (κ3) is 8.89. The number of unbranched alkanes of at least 4 members (excludes halogenated alkanes) is 4. The summed E-state index contributed by atoms with van der Waals surface area (Å²) in [5.74, 6) is -0.396. The van der Waals surface area contributed by atoms with Gasteiger partial charge in [0.2, 0.25) is 0 Å². The Morgan fingerprint density at radius 1 is 1.24 bits per heavy atom. The largest absolute Gasteiger partial charge is 0.466 e. The normalized spacial score (nSPS) is 13.5. The Labute approximate surface area is 103 Å². The zero-order chi connectivity index (χ0) is 13.1. The van der Waals surface area contributed by atoms with Crippen LogP contribution in [-0.2, 0) is 9.53 Å². The van der Waals surface area contributed by atoms with Crippen LogP contribution in [0.2, 0.25) is 0 Å². The Balaban J connectivity index is 3.65. The molecular formula is C13H24O4. The number of aliphatic hydroxyl groups excluding tert-OH is 2. The summed E-state index contributed by atoms with van der Waals surface area (Å²) in [7, 11) is 1.33. The molecule has 4 heteroatoms. The second-order valence-electron chi connectivity index (χ2n) is 4.19. The Morgan fingerprint density at radius 3 is 2.41 bits per heavy atom. The average Bonchev–Trinajstić information content (AvgIpc) is 2.32. The van der Waals surface area contributed by atoms with Crippen molar-refractivity contribution in [2.75, 3.05) is 13.7 Å². The van der Waals surface area contributed by atoms with Crippen LogP contribution >= 0.6 is 0 Å². The first-order chi connectivity index (χ1) is 8.11. The highest BCUT2D eigenvalue weighted by atomic mass is 16.5. The molecule has 0 amide bonds. The van der Waals surface area contributed by atoms with Gasteiger partial charge in [-0.3, -0.25) is 0 Å². The van der Waals surface area contributed by atoms with Crippen LogP contribution < -0.4 is 0 Å². The number of rotatable bonds is 9. The Kier molecular flexibility index (Phi) is 9.77. The van der Waals surface area contributed by atoms with E-state index in [9.17, 15) is 9.90 Å². The number of methoxy groups -OCH3 is 1. The van der Waals surface area contributed by atoms with E-state index in [1.54, 1.807) is 13.0 Å². The van der Waals surface area contributed by atoms with E-state index in [2.05, 4.69) is 4.74 Å². The van der Waals surface area contributed by atoms with Gasteiger partial charge in [-0.15, -0.1) is 0 Å². The van der Waals surface area contributed by atoms with Crippen molar-refractivity contribution in [3.8, 4) is 0 Å². The number of aliphatic hydroxyl groups is 2. The van der Waals surface area contributed by atoms with E-state index in [1.165, 1.54) is 7.11 Å². The summed E-state index contributed by atoms with van der Waals surface area (Å²) in [5, 5.41) is 18.2. The molecule has 0 aliphatic rings. The molecule has 0 bridgehead atoms. The average molecular weight is 244 g/mol. The number of carbonyl (C=O) groups excluding carboxylic acids is 1. The highest BCUT2D eigenvalue weighted by Crippen LogP contribution is 2.09. The van der Waals surface area contributed by atoms with E-state index in [0.717, 1.165) is 32.1 Å². The highest BCUT2D eigenvalue weighted by Gasteiger charge is 2.06. The van der Waals surface area contributed by atoms with Gasteiger partial charge in [0.05, 0.1) is 13.2 Å². The molecule has 0 spiro atoms. The molecule has 0 saturated carbocycles. The summed E-state index contributed by atoms with van der Waals surface area (Å²) >= 11 is 0. The van der Waals surface area contributed by atoms with Crippen LogP contribution in [0.25, 0.3) is 0 Å². The second-order valence-corrected chi connectivity index (χ2v) is 4.19. The monoisotopic (exact) mass is 244 g/mol. The van der Waals surface area contributed by atoms with Gasteiger partial charge in [0.25, 0.3) is 0 Å². The van der Waals surface area contributed by atoms with Crippen LogP contribution in [-0.4, -0.2) is 36.0 Å². The van der Waals surface area contributed by atoms with Crippen LogP contribution in [0.4, 0.5) is 0 Å². The van der Waals surface area contributed by atoms with Gasteiger partial charge in [0.1, 0.15) is 0 Å². The topological polar surface area (TPSA) is 66.8 Å². The quantitative estimate of drug-likeness (QED) is 0.369. The minimum atomic E-state index is -0.577. The summed E-state index contributed by atoms with van der Waals surface area (Å²) in [5.41, 5.74) is 0.445. The van der Waals surface area contributed by atoms with E-state index in [-0.39, 0.29) is 6.61 Å². The van der Waals surface area contributed by atoms with Gasteiger partial charge in [-0.05, 0) is 25.8 Å². The van der Waals surface area contributed by atoms with Gasteiger partial charge >= 0.3 is 5.97 Å². The van der Waals surface area contributed by atoms with Crippen molar-refractivity contribution in [3.63, 3.8) is 0 Å². The minimum Gasteiger partial charge on any atom is -0.466 e. The maximum atomic E-state index is 11.1. The van der Waals surface area contributed by atoms with Crippen LogP contribution in [0.15, 0.2) is 11.6 Å². The SMILES string of the molecule is COC(=O)C(C)=CC(O)CCCCCCCO. The minimum absolute atomic E-state index is 0.254. The molecule has 4 nitrogen and oxygen atoms in total. The fourth-order valence-corrected chi connectivity index (χ4v) is 1.60. The Morgan fingerprint density at radius 2 is 1.82 bits per heavy atom. The first-order valence-electron chi connectivity index (χ1n) is 6.17. The van der Waals surface area contributed by atoms with Gasteiger partial charge < -0.3 is 14.9 Å². The molecule has 1 atom stereocenters. The lowest BCUT2D eigenvalue weighted by molar-refractivity contribution is -0.136. The number of hydrogen-bond acceptors (Lipinski definition) is 4. The fourth-order valence-electron chi connectivity index (χ4n) is 1.60. The molecule has 0 aromatic carbocycles. The number of carbonyl (C=O) groups is 1. The number of hydrogen-bond donors (Lipinski definition) is 2. The van der Waals surface area contributed by atoms with Crippen LogP contribution in [0, 0.1) is 0 Å². The molecule has 0 saturated heterocycles. The summed E-state index contributed by atoms with van der Waals surface area (Å²) in [6.45, 7) is 1.89. The lowest BCUT2D eigenvalue weighted by atomic mass is 10.1. The van der Waals surface area contributed by atoms with Crippen molar-refractivity contribution < 1.29 is 19.7 Å². The maximum absolute atomic E-state index is 11.1. The third-order valence-corrected chi connectivity index (χ3v) is 2.61. The van der Waals surface area contributed by atoms with Crippen molar-refractivity contribution in [3.05, 3.63) is 11.6 Å². The van der Waals surface area contributed by atoms with Gasteiger partial charge in [-0.1, -0.05) is 25.7 Å². The van der Waals surface area contributed by atoms with Gasteiger partial charge in [0.15, 0.2) is 0 Å². The van der Waals surface area contributed by atoms with E-state index >= 15 is 0 Å². The lowest BCUT2D eigenvalue weighted by Crippen LogP contribution is -2.08. The molecule has 17 heavy (non-hydrogen) atoms. The molecular weight excluding hydrogens is 220 g/mol. The smallest absolute Gasteiger partial charge is 0.333 e. The summed E-state index contributed by atoms with van der Waals surface area (Å²) < 4.78 is 4.54. The molecule has 0 heterocycles. The zero-order valence-corrected chi connectivity index (χ0v) is 10.8. The zero-order valence-electron chi connectivity index (χ0n) is 10.8. The van der Waals surface area contributed by atoms with Crippen LogP contribution in [0.5, 0.6) is 0 Å². The second kappa shape index (κ2) is 10.3. The van der Waals surface area contributed by atoms with Crippen molar-refractivity contribution in [1.29, 1.82) is 0 Å². The molecule has 0 rings (SSSR count). The Hall–Kier alpha value is -0.870. The Bertz CT molecular complexity index is 236. The van der Waals surface area contributed by atoms with Crippen LogP contribution in [0.3, 0.4) is 0 Å². The number of ether oxygens (including phenoxy) is 1. The first-order valence-corrected chi connectivity index (χ1v) is 6.17. The lowest BCUT2D eigenvalue weighted by Gasteiger charge is -2.07. The van der Waals surface area contributed by atoms with E-state index < -0.39 is 12.1 Å². The third-order valence-electron chi connectivity index (χ3n) is 2.61. The van der Waals surface area contributed by atoms with E-state index in [1.807, 2.05) is 0 Å². The van der Waals surface area contributed by atoms with E-state index in [0.29, 0.717) is 12.0 Å². The summed E-state index contributed by atoms with van der Waals surface area (Å²) in [4.78, 5) is 11.1. The molecule has 0 aliphatic carbocycles. The first kappa shape index (κ1) is 16.1. The molecule has 0 aliphatic heterocycles. The molecule has 100 valence electrons. The van der Waals surface area contributed by atoms with Crippen molar-refractivity contribution in [2.24, 2.45) is 0 Å².